The molecule has 4 rings (SSSR count). The van der Waals surface area contributed by atoms with Crippen molar-refractivity contribution < 1.29 is 18.7 Å². The van der Waals surface area contributed by atoms with Crippen LogP contribution < -0.4 is 14.8 Å². The third-order valence-corrected chi connectivity index (χ3v) is 4.88. The lowest BCUT2D eigenvalue weighted by Crippen LogP contribution is -2.37. The van der Waals surface area contributed by atoms with E-state index >= 15 is 0 Å². The Balaban J connectivity index is 1.35. The van der Waals surface area contributed by atoms with Crippen molar-refractivity contribution in [2.24, 2.45) is 11.8 Å². The van der Waals surface area contributed by atoms with Gasteiger partial charge >= 0.3 is 0 Å². The second-order valence-corrected chi connectivity index (χ2v) is 6.88. The van der Waals surface area contributed by atoms with Crippen molar-refractivity contribution in [3.63, 3.8) is 0 Å². The second-order valence-electron chi connectivity index (χ2n) is 6.88. The van der Waals surface area contributed by atoms with Crippen LogP contribution in [0.25, 0.3) is 0 Å². The first-order valence-corrected chi connectivity index (χ1v) is 8.90. The van der Waals surface area contributed by atoms with Crippen LogP contribution in [0.1, 0.15) is 42.0 Å². The molecule has 25 heavy (non-hydrogen) atoms. The van der Waals surface area contributed by atoms with Gasteiger partial charge in [-0.25, -0.2) is 0 Å². The first-order valence-electron chi connectivity index (χ1n) is 8.90. The summed E-state index contributed by atoms with van der Waals surface area (Å²) in [6.45, 7) is 0.252. The number of ether oxygens (including phenoxy) is 2. The predicted octanol–water partition coefficient (Wildman–Crippen LogP) is 3.79. The zero-order valence-corrected chi connectivity index (χ0v) is 14.4. The molecule has 1 aromatic carbocycles. The van der Waals surface area contributed by atoms with Gasteiger partial charge in [-0.2, -0.15) is 0 Å². The normalized spacial score (nSPS) is 16.7. The first-order chi connectivity index (χ1) is 12.2. The fraction of sp³-hybridized carbons (Fsp3) is 0.450. The molecule has 2 aromatic rings. The van der Waals surface area contributed by atoms with Crippen molar-refractivity contribution in [3.8, 4) is 11.5 Å². The third kappa shape index (κ3) is 3.81. The van der Waals surface area contributed by atoms with Gasteiger partial charge in [-0.05, 0) is 61.8 Å². The Labute approximate surface area is 147 Å². The van der Waals surface area contributed by atoms with Crippen LogP contribution in [-0.2, 0) is 6.61 Å². The molecule has 2 aliphatic carbocycles. The molecule has 0 atom stereocenters. The molecule has 2 saturated carbocycles. The molecule has 0 spiro atoms. The molecule has 5 nitrogen and oxygen atoms in total. The number of carbonyl (C=O) groups excluding carboxylic acids is 1. The zero-order chi connectivity index (χ0) is 17.2. The van der Waals surface area contributed by atoms with E-state index in [1.54, 1.807) is 19.2 Å². The molecule has 0 aliphatic heterocycles. The molecule has 1 aromatic heterocycles. The first kappa shape index (κ1) is 16.1. The Morgan fingerprint density at radius 3 is 2.44 bits per heavy atom. The lowest BCUT2D eigenvalue weighted by Gasteiger charge is -2.16. The number of para-hydroxylation sites is 2. The molecule has 132 valence electrons. The van der Waals surface area contributed by atoms with E-state index in [-0.39, 0.29) is 12.5 Å². The topological polar surface area (TPSA) is 60.7 Å². The van der Waals surface area contributed by atoms with Crippen LogP contribution >= 0.6 is 0 Å². The van der Waals surface area contributed by atoms with Gasteiger partial charge in [0.1, 0.15) is 12.4 Å². The summed E-state index contributed by atoms with van der Waals surface area (Å²) in [7, 11) is 1.60. The third-order valence-electron chi connectivity index (χ3n) is 4.88. The monoisotopic (exact) mass is 341 g/mol. The molecule has 0 unspecified atom stereocenters. The van der Waals surface area contributed by atoms with Crippen LogP contribution in [-0.4, -0.2) is 19.1 Å². The molecule has 5 heteroatoms. The smallest absolute Gasteiger partial charge is 0.287 e. The number of nitrogens with one attached hydrogen (secondary N) is 1. The summed E-state index contributed by atoms with van der Waals surface area (Å²) in [6, 6.07) is 11.3. The number of hydrogen-bond acceptors (Lipinski definition) is 4. The van der Waals surface area contributed by atoms with Crippen LogP contribution in [0, 0.1) is 11.8 Å². The highest BCUT2D eigenvalue weighted by atomic mass is 16.5. The van der Waals surface area contributed by atoms with Crippen LogP contribution in [0.3, 0.4) is 0 Å². The molecule has 0 saturated heterocycles. The summed E-state index contributed by atoms with van der Waals surface area (Å²) < 4.78 is 16.7. The highest BCUT2D eigenvalue weighted by Gasteiger charge is 2.42. The van der Waals surface area contributed by atoms with E-state index in [1.165, 1.54) is 25.7 Å². The predicted molar refractivity (Wildman–Crippen MR) is 92.7 cm³/mol. The largest absolute Gasteiger partial charge is 0.493 e. The number of benzene rings is 1. The van der Waals surface area contributed by atoms with Crippen LogP contribution in [0.4, 0.5) is 0 Å². The van der Waals surface area contributed by atoms with Gasteiger partial charge in [0.2, 0.25) is 0 Å². The number of carbonyl (C=O) groups is 1. The van der Waals surface area contributed by atoms with Crippen molar-refractivity contribution >= 4 is 5.91 Å². The molecule has 0 radical (unpaired) electrons. The number of rotatable bonds is 8. The van der Waals surface area contributed by atoms with E-state index in [1.807, 2.05) is 24.3 Å². The minimum Gasteiger partial charge on any atom is -0.493 e. The molecular weight excluding hydrogens is 318 g/mol. The SMILES string of the molecule is COc1ccccc1OCc1ccc(C(=O)NC(C2CC2)C2CC2)o1. The Bertz CT molecular complexity index is 734. The van der Waals surface area contributed by atoms with Gasteiger partial charge in [-0.15, -0.1) is 0 Å². The van der Waals surface area contributed by atoms with Crippen LogP contribution in [0.15, 0.2) is 40.8 Å². The molecule has 1 heterocycles. The maximum absolute atomic E-state index is 12.4. The fourth-order valence-corrected chi connectivity index (χ4v) is 3.22. The van der Waals surface area contributed by atoms with Gasteiger partial charge < -0.3 is 19.2 Å². The standard InChI is InChI=1S/C20H23NO4/c1-23-16-4-2-3-5-17(16)24-12-15-10-11-18(25-15)20(22)21-19(13-6-7-13)14-8-9-14/h2-5,10-11,13-14,19H,6-9,12H2,1H3,(H,21,22). The van der Waals surface area contributed by atoms with Crippen molar-refractivity contribution in [1.29, 1.82) is 0 Å². The lowest BCUT2D eigenvalue weighted by molar-refractivity contribution is 0.0894. The van der Waals surface area contributed by atoms with Crippen molar-refractivity contribution in [2.75, 3.05) is 7.11 Å². The second kappa shape index (κ2) is 6.82. The summed E-state index contributed by atoms with van der Waals surface area (Å²) in [5.74, 6) is 3.50. The van der Waals surface area contributed by atoms with Gasteiger partial charge in [0.15, 0.2) is 17.3 Å². The van der Waals surface area contributed by atoms with E-state index in [9.17, 15) is 4.79 Å². The lowest BCUT2D eigenvalue weighted by atomic mass is 10.1. The quantitative estimate of drug-likeness (QED) is 0.794. The average molecular weight is 341 g/mol. The Kier molecular flexibility index (Phi) is 4.38. The van der Waals surface area contributed by atoms with Crippen molar-refractivity contribution in [2.45, 2.75) is 38.3 Å². The van der Waals surface area contributed by atoms with Crippen LogP contribution in [0.5, 0.6) is 11.5 Å². The minimum absolute atomic E-state index is 0.118. The average Bonchev–Trinajstić information content (AvgIpc) is 3.56. The Morgan fingerprint density at radius 2 is 1.80 bits per heavy atom. The number of hydrogen-bond donors (Lipinski definition) is 1. The number of furan rings is 1. The fourth-order valence-electron chi connectivity index (χ4n) is 3.22. The summed E-state index contributed by atoms with van der Waals surface area (Å²) in [4.78, 5) is 12.4. The summed E-state index contributed by atoms with van der Waals surface area (Å²) in [5.41, 5.74) is 0. The maximum Gasteiger partial charge on any atom is 0.287 e. The van der Waals surface area contributed by atoms with Crippen LogP contribution in [0.2, 0.25) is 0 Å². The van der Waals surface area contributed by atoms with Crippen molar-refractivity contribution in [1.82, 2.24) is 5.32 Å². The Hall–Kier alpha value is -2.43. The van der Waals surface area contributed by atoms with E-state index in [4.69, 9.17) is 13.9 Å². The van der Waals surface area contributed by atoms with E-state index < -0.39 is 0 Å². The molecule has 1 N–H and O–H groups in total. The van der Waals surface area contributed by atoms with Gasteiger partial charge in [0.25, 0.3) is 5.91 Å². The van der Waals surface area contributed by atoms with Gasteiger partial charge in [0.05, 0.1) is 7.11 Å². The number of amides is 1. The molecule has 1 amide bonds. The van der Waals surface area contributed by atoms with Gasteiger partial charge in [-0.3, -0.25) is 4.79 Å². The van der Waals surface area contributed by atoms with E-state index in [0.29, 0.717) is 40.9 Å². The molecule has 2 fully saturated rings. The highest BCUT2D eigenvalue weighted by molar-refractivity contribution is 5.91. The van der Waals surface area contributed by atoms with E-state index in [2.05, 4.69) is 5.32 Å². The number of methoxy groups -OCH3 is 1. The van der Waals surface area contributed by atoms with Crippen molar-refractivity contribution in [3.05, 3.63) is 47.9 Å². The highest BCUT2D eigenvalue weighted by Crippen LogP contribution is 2.44. The minimum atomic E-state index is -0.118. The molecule has 0 bridgehead atoms. The summed E-state index contributed by atoms with van der Waals surface area (Å²) >= 11 is 0. The van der Waals surface area contributed by atoms with Gasteiger partial charge in [-0.1, -0.05) is 12.1 Å². The van der Waals surface area contributed by atoms with E-state index in [0.717, 1.165) is 0 Å². The van der Waals surface area contributed by atoms with Gasteiger partial charge in [0, 0.05) is 6.04 Å². The summed E-state index contributed by atoms with van der Waals surface area (Å²) in [5, 5.41) is 3.17. The maximum atomic E-state index is 12.4. The zero-order valence-electron chi connectivity index (χ0n) is 14.4. The molecule has 2 aliphatic rings. The summed E-state index contributed by atoms with van der Waals surface area (Å²) in [6.07, 6.45) is 4.93. The Morgan fingerprint density at radius 1 is 1.12 bits per heavy atom. The molecular formula is C20H23NO4.